The van der Waals surface area contributed by atoms with Crippen molar-refractivity contribution in [2.75, 3.05) is 12.4 Å². The monoisotopic (exact) mass is 360 g/mol. The lowest BCUT2D eigenvalue weighted by molar-refractivity contribution is 0.309. The summed E-state index contributed by atoms with van der Waals surface area (Å²) >= 11 is 3.15. The second-order valence-electron chi connectivity index (χ2n) is 5.67. The minimum absolute atomic E-state index is 0.0466. The van der Waals surface area contributed by atoms with Crippen molar-refractivity contribution in [1.82, 2.24) is 9.97 Å². The van der Waals surface area contributed by atoms with E-state index >= 15 is 0 Å². The number of nitrogens with one attached hydrogen (secondary N) is 1. The van der Waals surface area contributed by atoms with Crippen LogP contribution in [0.5, 0.6) is 5.75 Å². The minimum atomic E-state index is -0.0466. The highest BCUT2D eigenvalue weighted by atomic mass is 32.2. The molecule has 2 aromatic heterocycles. The van der Waals surface area contributed by atoms with E-state index < -0.39 is 0 Å². The van der Waals surface area contributed by atoms with E-state index in [1.54, 1.807) is 23.1 Å². The number of ether oxygens (including phenoxy) is 1. The summed E-state index contributed by atoms with van der Waals surface area (Å²) in [6.45, 7) is 4.76. The molecule has 0 amide bonds. The van der Waals surface area contributed by atoms with Crippen LogP contribution in [0.3, 0.4) is 0 Å². The van der Waals surface area contributed by atoms with Crippen LogP contribution in [0.15, 0.2) is 40.3 Å². The van der Waals surface area contributed by atoms with Crippen LogP contribution in [0.2, 0.25) is 0 Å². The van der Waals surface area contributed by atoms with Crippen molar-refractivity contribution in [2.24, 2.45) is 0 Å². The molecule has 1 N–H and O–H groups in total. The van der Waals surface area contributed by atoms with Crippen LogP contribution in [0.25, 0.3) is 10.2 Å². The highest BCUT2D eigenvalue weighted by molar-refractivity contribution is 7.99. The molecule has 0 saturated heterocycles. The molecule has 6 heteroatoms. The first-order valence-electron chi connectivity index (χ1n) is 7.94. The minimum Gasteiger partial charge on any atom is -0.494 e. The zero-order chi connectivity index (χ0) is 16.9. The van der Waals surface area contributed by atoms with E-state index in [4.69, 9.17) is 4.74 Å². The molecular formula is C18H20N2O2S2. The Labute approximate surface area is 149 Å². The molecule has 0 bridgehead atoms. The van der Waals surface area contributed by atoms with E-state index in [-0.39, 0.29) is 5.56 Å². The van der Waals surface area contributed by atoms with Crippen LogP contribution in [0.4, 0.5) is 0 Å². The summed E-state index contributed by atoms with van der Waals surface area (Å²) in [6.07, 6.45) is 1.99. The number of thioether (sulfide) groups is 1. The molecule has 0 saturated carbocycles. The van der Waals surface area contributed by atoms with Crippen LogP contribution in [-0.4, -0.2) is 22.3 Å². The molecule has 0 atom stereocenters. The van der Waals surface area contributed by atoms with E-state index in [1.807, 2.05) is 31.2 Å². The average Bonchev–Trinajstić information content (AvgIpc) is 2.92. The van der Waals surface area contributed by atoms with Gasteiger partial charge in [-0.3, -0.25) is 4.79 Å². The van der Waals surface area contributed by atoms with Gasteiger partial charge in [-0.05, 0) is 50.5 Å². The third-order valence-corrected chi connectivity index (χ3v) is 5.44. The number of hydrogen-bond acceptors (Lipinski definition) is 5. The number of aromatic amines is 1. The van der Waals surface area contributed by atoms with Gasteiger partial charge in [-0.1, -0.05) is 23.9 Å². The molecule has 24 heavy (non-hydrogen) atoms. The molecule has 0 unspecified atom stereocenters. The van der Waals surface area contributed by atoms with Gasteiger partial charge in [0.15, 0.2) is 5.16 Å². The summed E-state index contributed by atoms with van der Waals surface area (Å²) in [5.41, 5.74) is 1.16. The number of unbranched alkanes of at least 4 members (excludes halogenated alkanes) is 1. The number of rotatable bonds is 7. The Kier molecular flexibility index (Phi) is 5.58. The first kappa shape index (κ1) is 17.0. The highest BCUT2D eigenvalue weighted by Gasteiger charge is 2.07. The van der Waals surface area contributed by atoms with Crippen LogP contribution < -0.4 is 10.3 Å². The second-order valence-corrected chi connectivity index (χ2v) is 7.99. The molecule has 4 nitrogen and oxygen atoms in total. The molecule has 3 rings (SSSR count). The fourth-order valence-corrected chi connectivity index (χ4v) is 4.17. The van der Waals surface area contributed by atoms with Gasteiger partial charge in [0.05, 0.1) is 12.0 Å². The third kappa shape index (κ3) is 4.39. The number of aromatic nitrogens is 2. The topological polar surface area (TPSA) is 55.0 Å². The fourth-order valence-electron chi connectivity index (χ4n) is 2.37. The zero-order valence-electron chi connectivity index (χ0n) is 13.8. The van der Waals surface area contributed by atoms with Gasteiger partial charge >= 0.3 is 0 Å². The third-order valence-electron chi connectivity index (χ3n) is 3.54. The molecule has 0 aliphatic rings. The predicted octanol–water partition coefficient (Wildman–Crippen LogP) is 4.55. The molecule has 0 aliphatic heterocycles. The number of fused-ring (bicyclic) bond motifs is 1. The van der Waals surface area contributed by atoms with Crippen LogP contribution in [-0.2, 0) is 0 Å². The van der Waals surface area contributed by atoms with Crippen LogP contribution >= 0.6 is 23.1 Å². The van der Waals surface area contributed by atoms with E-state index in [9.17, 15) is 4.79 Å². The first-order chi connectivity index (χ1) is 11.6. The quantitative estimate of drug-likeness (QED) is 0.381. The lowest BCUT2D eigenvalue weighted by Gasteiger charge is -2.06. The van der Waals surface area contributed by atoms with Gasteiger partial charge in [-0.2, -0.15) is 0 Å². The summed E-state index contributed by atoms with van der Waals surface area (Å²) < 4.78 is 5.74. The van der Waals surface area contributed by atoms with E-state index in [0.29, 0.717) is 17.1 Å². The summed E-state index contributed by atoms with van der Waals surface area (Å²) in [5, 5.41) is 1.39. The number of benzene rings is 1. The molecule has 0 spiro atoms. The number of H-pyrrole nitrogens is 1. The Morgan fingerprint density at radius 2 is 2.12 bits per heavy atom. The Morgan fingerprint density at radius 1 is 1.25 bits per heavy atom. The Morgan fingerprint density at radius 3 is 2.96 bits per heavy atom. The Bertz CT molecular complexity index is 886. The van der Waals surface area contributed by atoms with Gasteiger partial charge in [0.1, 0.15) is 10.6 Å². The van der Waals surface area contributed by atoms with Crippen molar-refractivity contribution in [3.8, 4) is 5.75 Å². The average molecular weight is 361 g/mol. The van der Waals surface area contributed by atoms with Crippen molar-refractivity contribution >= 4 is 33.3 Å². The number of aryl methyl sites for hydroxylation is 2. The second kappa shape index (κ2) is 7.85. The smallest absolute Gasteiger partial charge is 0.260 e. The van der Waals surface area contributed by atoms with Gasteiger partial charge in [0, 0.05) is 10.6 Å². The molecule has 1 aromatic carbocycles. The number of thiophene rings is 1. The van der Waals surface area contributed by atoms with Crippen molar-refractivity contribution < 1.29 is 4.74 Å². The number of hydrogen-bond donors (Lipinski definition) is 1. The van der Waals surface area contributed by atoms with Gasteiger partial charge in [-0.15, -0.1) is 11.3 Å². The molecule has 2 heterocycles. The van der Waals surface area contributed by atoms with Gasteiger partial charge in [0.2, 0.25) is 0 Å². The van der Waals surface area contributed by atoms with Crippen LogP contribution in [0.1, 0.15) is 23.3 Å². The molecule has 3 aromatic rings. The normalized spacial score (nSPS) is 11.1. The summed E-state index contributed by atoms with van der Waals surface area (Å²) in [6, 6.07) is 9.98. The Hall–Kier alpha value is -1.79. The zero-order valence-corrected chi connectivity index (χ0v) is 15.4. The highest BCUT2D eigenvalue weighted by Crippen LogP contribution is 2.23. The summed E-state index contributed by atoms with van der Waals surface area (Å²) in [4.78, 5) is 21.3. The van der Waals surface area contributed by atoms with E-state index in [2.05, 4.69) is 23.0 Å². The van der Waals surface area contributed by atoms with Crippen molar-refractivity contribution in [3.63, 3.8) is 0 Å². The summed E-state index contributed by atoms with van der Waals surface area (Å²) in [7, 11) is 0. The lowest BCUT2D eigenvalue weighted by Crippen LogP contribution is -2.07. The summed E-state index contributed by atoms with van der Waals surface area (Å²) in [5.74, 6) is 1.84. The molecule has 0 fully saturated rings. The first-order valence-corrected chi connectivity index (χ1v) is 9.75. The molecule has 0 aliphatic carbocycles. The van der Waals surface area contributed by atoms with Gasteiger partial charge < -0.3 is 9.72 Å². The van der Waals surface area contributed by atoms with Crippen molar-refractivity contribution in [1.29, 1.82) is 0 Å². The number of nitrogens with zero attached hydrogens (tertiary/aromatic N) is 1. The van der Waals surface area contributed by atoms with Gasteiger partial charge in [0.25, 0.3) is 5.56 Å². The molecular weight excluding hydrogens is 340 g/mol. The standard InChI is InChI=1S/C18H20N2O2S2/c1-12-6-5-7-14(10-12)22-8-3-4-9-23-18-19-16(21)15-11-13(2)24-17(15)20-18/h5-7,10-11H,3-4,8-9H2,1-2H3,(H,19,20,21). The van der Waals surface area contributed by atoms with E-state index in [1.165, 1.54) is 5.56 Å². The molecule has 126 valence electrons. The predicted molar refractivity (Wildman–Crippen MR) is 102 cm³/mol. The lowest BCUT2D eigenvalue weighted by atomic mass is 10.2. The SMILES string of the molecule is Cc1cccc(OCCCCSc2nc3sc(C)cc3c(=O)[nH]2)c1. The van der Waals surface area contributed by atoms with Crippen molar-refractivity contribution in [2.45, 2.75) is 31.8 Å². The largest absolute Gasteiger partial charge is 0.494 e. The maximum atomic E-state index is 12.0. The maximum Gasteiger partial charge on any atom is 0.260 e. The van der Waals surface area contributed by atoms with Gasteiger partial charge in [-0.25, -0.2) is 4.98 Å². The van der Waals surface area contributed by atoms with Crippen molar-refractivity contribution in [3.05, 3.63) is 51.1 Å². The maximum absolute atomic E-state index is 12.0. The van der Waals surface area contributed by atoms with E-state index in [0.717, 1.165) is 34.1 Å². The Balaban J connectivity index is 1.44. The van der Waals surface area contributed by atoms with Crippen LogP contribution in [0, 0.1) is 13.8 Å². The fraction of sp³-hybridized carbons (Fsp3) is 0.333. The molecule has 0 radical (unpaired) electrons.